The summed E-state index contributed by atoms with van der Waals surface area (Å²) in [6, 6.07) is 2.17. The molecule has 0 aliphatic heterocycles. The first-order valence-corrected chi connectivity index (χ1v) is 4.68. The number of esters is 1. The molecule has 0 bridgehead atoms. The zero-order chi connectivity index (χ0) is 12.3. The number of aryl methyl sites for hydroxylation is 1. The first-order chi connectivity index (χ1) is 7.45. The van der Waals surface area contributed by atoms with Crippen LogP contribution in [0.3, 0.4) is 0 Å². The lowest BCUT2D eigenvalue weighted by atomic mass is 10.0. The summed E-state index contributed by atoms with van der Waals surface area (Å²) < 4.78 is 31.1. The molecule has 0 saturated heterocycles. The molecule has 0 amide bonds. The maximum Gasteiger partial charge on any atom is 0.330 e. The molecule has 0 unspecified atom stereocenters. The quantitative estimate of drug-likeness (QED) is 0.572. The van der Waals surface area contributed by atoms with Gasteiger partial charge >= 0.3 is 5.97 Å². The van der Waals surface area contributed by atoms with Crippen molar-refractivity contribution in [1.82, 2.24) is 0 Å². The van der Waals surface area contributed by atoms with E-state index in [1.807, 2.05) is 0 Å². The number of carbonyl (C=O) groups excluding carboxylic acids is 1. The summed E-state index contributed by atoms with van der Waals surface area (Å²) >= 11 is 0. The molecule has 0 aliphatic rings. The summed E-state index contributed by atoms with van der Waals surface area (Å²) in [7, 11) is 1.22. The van der Waals surface area contributed by atoms with Gasteiger partial charge in [0.1, 0.15) is 11.6 Å². The number of benzene rings is 1. The van der Waals surface area contributed by atoms with Crippen LogP contribution in [-0.2, 0) is 9.53 Å². The standard InChI is InChI=1S/C12H12F2O2/c1-7(5-12(15)16-3)9-6-10(13)8(2)4-11(9)14/h4-6H,1-3H3/b7-5-. The SMILES string of the molecule is COC(=O)/C=C(/C)c1cc(F)c(C)cc1F. The third kappa shape index (κ3) is 2.66. The zero-order valence-electron chi connectivity index (χ0n) is 9.30. The molecule has 16 heavy (non-hydrogen) atoms. The highest BCUT2D eigenvalue weighted by atomic mass is 19.1. The molecule has 0 heterocycles. The second kappa shape index (κ2) is 4.88. The van der Waals surface area contributed by atoms with E-state index in [0.717, 1.165) is 18.2 Å². The Bertz CT molecular complexity index is 451. The van der Waals surface area contributed by atoms with E-state index in [4.69, 9.17) is 0 Å². The first-order valence-electron chi connectivity index (χ1n) is 4.68. The van der Waals surface area contributed by atoms with E-state index in [2.05, 4.69) is 4.74 Å². The summed E-state index contributed by atoms with van der Waals surface area (Å²) in [4.78, 5) is 10.9. The minimum absolute atomic E-state index is 0.0634. The molecule has 0 aromatic heterocycles. The van der Waals surface area contributed by atoms with Crippen molar-refractivity contribution in [2.24, 2.45) is 0 Å². The van der Waals surface area contributed by atoms with E-state index in [-0.39, 0.29) is 11.1 Å². The molecule has 0 saturated carbocycles. The molecule has 0 atom stereocenters. The van der Waals surface area contributed by atoms with Gasteiger partial charge < -0.3 is 4.74 Å². The van der Waals surface area contributed by atoms with E-state index in [9.17, 15) is 13.6 Å². The molecule has 1 rings (SSSR count). The van der Waals surface area contributed by atoms with Gasteiger partial charge in [-0.2, -0.15) is 0 Å². The minimum atomic E-state index is -0.599. The van der Waals surface area contributed by atoms with E-state index in [1.54, 1.807) is 0 Å². The number of rotatable bonds is 2. The number of hydrogen-bond acceptors (Lipinski definition) is 2. The monoisotopic (exact) mass is 226 g/mol. The van der Waals surface area contributed by atoms with Crippen LogP contribution in [0, 0.1) is 18.6 Å². The number of ether oxygens (including phenoxy) is 1. The molecule has 0 fully saturated rings. The summed E-state index contributed by atoms with van der Waals surface area (Å²) in [5, 5.41) is 0. The Morgan fingerprint density at radius 1 is 1.31 bits per heavy atom. The Labute approximate surface area is 92.5 Å². The van der Waals surface area contributed by atoms with E-state index < -0.39 is 17.6 Å². The smallest absolute Gasteiger partial charge is 0.330 e. The highest BCUT2D eigenvalue weighted by Gasteiger charge is 2.09. The van der Waals surface area contributed by atoms with Crippen molar-refractivity contribution in [3.63, 3.8) is 0 Å². The van der Waals surface area contributed by atoms with E-state index >= 15 is 0 Å². The third-order valence-corrected chi connectivity index (χ3v) is 2.21. The van der Waals surface area contributed by atoms with Gasteiger partial charge in [0.05, 0.1) is 7.11 Å². The topological polar surface area (TPSA) is 26.3 Å². The minimum Gasteiger partial charge on any atom is -0.466 e. The maximum atomic E-state index is 13.5. The van der Waals surface area contributed by atoms with Crippen molar-refractivity contribution in [3.8, 4) is 0 Å². The van der Waals surface area contributed by atoms with Gasteiger partial charge in [0.15, 0.2) is 0 Å². The molecule has 0 aliphatic carbocycles. The van der Waals surface area contributed by atoms with Gasteiger partial charge in [-0.15, -0.1) is 0 Å². The summed E-state index contributed by atoms with van der Waals surface area (Å²) in [5.41, 5.74) is 0.615. The molecule has 1 aromatic carbocycles. The van der Waals surface area contributed by atoms with Gasteiger partial charge in [0.2, 0.25) is 0 Å². The Balaban J connectivity index is 3.18. The van der Waals surface area contributed by atoms with Crippen molar-refractivity contribution in [3.05, 3.63) is 41.0 Å². The van der Waals surface area contributed by atoms with Gasteiger partial charge in [-0.05, 0) is 37.1 Å². The predicted molar refractivity (Wildman–Crippen MR) is 56.8 cm³/mol. The van der Waals surface area contributed by atoms with Crippen LogP contribution in [0.25, 0.3) is 5.57 Å². The highest BCUT2D eigenvalue weighted by Crippen LogP contribution is 2.21. The van der Waals surface area contributed by atoms with Crippen molar-refractivity contribution in [2.75, 3.05) is 7.11 Å². The molecule has 0 N–H and O–H groups in total. The second-order valence-corrected chi connectivity index (χ2v) is 3.43. The number of hydrogen-bond donors (Lipinski definition) is 0. The lowest BCUT2D eigenvalue weighted by Crippen LogP contribution is -1.98. The molecular formula is C12H12F2O2. The van der Waals surface area contributed by atoms with Crippen LogP contribution in [0.5, 0.6) is 0 Å². The fourth-order valence-electron chi connectivity index (χ4n) is 1.26. The zero-order valence-corrected chi connectivity index (χ0v) is 9.30. The molecular weight excluding hydrogens is 214 g/mol. The van der Waals surface area contributed by atoms with Crippen LogP contribution in [0.4, 0.5) is 8.78 Å². The average molecular weight is 226 g/mol. The van der Waals surface area contributed by atoms with Gasteiger partial charge in [0.25, 0.3) is 0 Å². The van der Waals surface area contributed by atoms with Crippen LogP contribution in [-0.4, -0.2) is 13.1 Å². The molecule has 0 spiro atoms. The predicted octanol–water partition coefficient (Wildman–Crippen LogP) is 2.85. The Hall–Kier alpha value is -1.71. The van der Waals surface area contributed by atoms with E-state index in [1.165, 1.54) is 21.0 Å². The molecule has 2 nitrogen and oxygen atoms in total. The van der Waals surface area contributed by atoms with Crippen molar-refractivity contribution < 1.29 is 18.3 Å². The fraction of sp³-hybridized carbons (Fsp3) is 0.250. The van der Waals surface area contributed by atoms with Crippen LogP contribution in [0.2, 0.25) is 0 Å². The van der Waals surface area contributed by atoms with Crippen LogP contribution in [0.1, 0.15) is 18.1 Å². The largest absolute Gasteiger partial charge is 0.466 e. The third-order valence-electron chi connectivity index (χ3n) is 2.21. The maximum absolute atomic E-state index is 13.5. The normalized spacial score (nSPS) is 11.4. The van der Waals surface area contributed by atoms with Crippen molar-refractivity contribution in [1.29, 1.82) is 0 Å². The van der Waals surface area contributed by atoms with Crippen LogP contribution in [0.15, 0.2) is 18.2 Å². The highest BCUT2D eigenvalue weighted by molar-refractivity contribution is 5.90. The fourth-order valence-corrected chi connectivity index (χ4v) is 1.26. The van der Waals surface area contributed by atoms with Gasteiger partial charge in [-0.1, -0.05) is 0 Å². The number of allylic oxidation sites excluding steroid dienone is 1. The first kappa shape index (κ1) is 12.4. The molecule has 1 aromatic rings. The second-order valence-electron chi connectivity index (χ2n) is 3.43. The lowest BCUT2D eigenvalue weighted by Gasteiger charge is -2.05. The summed E-state index contributed by atoms with van der Waals surface area (Å²) in [5.74, 6) is -1.66. The van der Waals surface area contributed by atoms with Crippen LogP contribution >= 0.6 is 0 Å². The van der Waals surface area contributed by atoms with E-state index in [0.29, 0.717) is 5.57 Å². The molecule has 86 valence electrons. The summed E-state index contributed by atoms with van der Waals surface area (Å²) in [6.07, 6.45) is 1.12. The van der Waals surface area contributed by atoms with Crippen molar-refractivity contribution in [2.45, 2.75) is 13.8 Å². The van der Waals surface area contributed by atoms with Gasteiger partial charge in [-0.3, -0.25) is 0 Å². The van der Waals surface area contributed by atoms with Gasteiger partial charge in [-0.25, -0.2) is 13.6 Å². The number of methoxy groups -OCH3 is 1. The van der Waals surface area contributed by atoms with Gasteiger partial charge in [0, 0.05) is 11.6 Å². The molecule has 0 radical (unpaired) electrons. The van der Waals surface area contributed by atoms with Crippen molar-refractivity contribution >= 4 is 11.5 Å². The average Bonchev–Trinajstić information content (AvgIpc) is 2.23. The Morgan fingerprint density at radius 2 is 1.94 bits per heavy atom. The van der Waals surface area contributed by atoms with Crippen LogP contribution < -0.4 is 0 Å². The Morgan fingerprint density at radius 3 is 2.50 bits per heavy atom. The Kier molecular flexibility index (Phi) is 3.77. The molecule has 4 heteroatoms. The lowest BCUT2D eigenvalue weighted by molar-refractivity contribution is -0.134. The number of halogens is 2. The summed E-state index contributed by atoms with van der Waals surface area (Å²) in [6.45, 7) is 2.99. The number of carbonyl (C=O) groups is 1.